The molecule has 0 aromatic carbocycles. The van der Waals surface area contributed by atoms with Crippen molar-refractivity contribution in [3.8, 4) is 0 Å². The predicted octanol–water partition coefficient (Wildman–Crippen LogP) is 0.400. The van der Waals surface area contributed by atoms with Crippen LogP contribution in [0.5, 0.6) is 0 Å². The molecule has 0 aliphatic rings. The van der Waals surface area contributed by atoms with Gasteiger partial charge in [-0.3, -0.25) is 5.43 Å². The molecule has 1 amide bonds. The van der Waals surface area contributed by atoms with Crippen LogP contribution < -0.4 is 10.9 Å². The van der Waals surface area contributed by atoms with Crippen molar-refractivity contribution in [2.24, 2.45) is 0 Å². The summed E-state index contributed by atoms with van der Waals surface area (Å²) in [5.74, 6) is 0. The summed E-state index contributed by atoms with van der Waals surface area (Å²) in [6, 6.07) is 0. The SMILES string of the molecule is CCCCOC(=O)NNCCCO. The maximum absolute atomic E-state index is 10.8. The fourth-order valence-electron chi connectivity index (χ4n) is 0.647. The Hall–Kier alpha value is -0.810. The molecule has 0 aromatic rings. The van der Waals surface area contributed by atoms with Gasteiger partial charge in [-0.2, -0.15) is 0 Å². The molecule has 78 valence electrons. The molecule has 3 N–H and O–H groups in total. The zero-order chi connectivity index (χ0) is 9.94. The Labute approximate surface area is 78.4 Å². The first-order valence-corrected chi connectivity index (χ1v) is 4.57. The minimum atomic E-state index is -0.466. The van der Waals surface area contributed by atoms with E-state index in [0.717, 1.165) is 12.8 Å². The highest BCUT2D eigenvalue weighted by Gasteiger charge is 1.98. The lowest BCUT2D eigenvalue weighted by Gasteiger charge is -2.06. The van der Waals surface area contributed by atoms with E-state index in [-0.39, 0.29) is 6.61 Å². The number of nitrogens with one attached hydrogen (secondary N) is 2. The van der Waals surface area contributed by atoms with E-state index in [9.17, 15) is 4.79 Å². The Bertz CT molecular complexity index is 131. The van der Waals surface area contributed by atoms with E-state index >= 15 is 0 Å². The van der Waals surface area contributed by atoms with E-state index < -0.39 is 6.09 Å². The molecule has 0 heterocycles. The van der Waals surface area contributed by atoms with Gasteiger partial charge < -0.3 is 9.84 Å². The van der Waals surface area contributed by atoms with Crippen LogP contribution in [0.1, 0.15) is 26.2 Å². The average Bonchev–Trinajstić information content (AvgIpc) is 2.13. The van der Waals surface area contributed by atoms with Gasteiger partial charge in [-0.1, -0.05) is 13.3 Å². The Morgan fingerprint density at radius 3 is 2.85 bits per heavy atom. The van der Waals surface area contributed by atoms with Crippen LogP contribution in [0, 0.1) is 0 Å². The van der Waals surface area contributed by atoms with E-state index in [0.29, 0.717) is 19.6 Å². The number of rotatable bonds is 7. The zero-order valence-electron chi connectivity index (χ0n) is 8.01. The van der Waals surface area contributed by atoms with E-state index in [1.807, 2.05) is 6.92 Å². The van der Waals surface area contributed by atoms with Crippen molar-refractivity contribution in [3.05, 3.63) is 0 Å². The number of carbonyl (C=O) groups is 1. The van der Waals surface area contributed by atoms with Crippen LogP contribution in [0.4, 0.5) is 4.79 Å². The topological polar surface area (TPSA) is 70.6 Å². The summed E-state index contributed by atoms with van der Waals surface area (Å²) < 4.78 is 4.79. The van der Waals surface area contributed by atoms with Crippen molar-refractivity contribution in [1.82, 2.24) is 10.9 Å². The molecule has 0 aromatic heterocycles. The molecular formula is C8H18N2O3. The van der Waals surface area contributed by atoms with Gasteiger partial charge in [0, 0.05) is 13.2 Å². The molecule has 0 saturated carbocycles. The van der Waals surface area contributed by atoms with Crippen LogP contribution in [0.25, 0.3) is 0 Å². The Kier molecular flexibility index (Phi) is 8.70. The van der Waals surface area contributed by atoms with Gasteiger partial charge in [-0.25, -0.2) is 10.2 Å². The molecule has 0 rings (SSSR count). The molecule has 0 unspecified atom stereocenters. The van der Waals surface area contributed by atoms with E-state index in [2.05, 4.69) is 10.9 Å². The van der Waals surface area contributed by atoms with Crippen LogP contribution in [-0.4, -0.2) is 31.0 Å². The van der Waals surface area contributed by atoms with Gasteiger partial charge in [0.25, 0.3) is 0 Å². The molecule has 0 aliphatic carbocycles. The lowest BCUT2D eigenvalue weighted by Crippen LogP contribution is -2.38. The highest BCUT2D eigenvalue weighted by molar-refractivity contribution is 5.66. The molecular weight excluding hydrogens is 172 g/mol. The van der Waals surface area contributed by atoms with Gasteiger partial charge in [0.15, 0.2) is 0 Å². The third-order valence-corrected chi connectivity index (χ3v) is 1.38. The predicted molar refractivity (Wildman–Crippen MR) is 49.1 cm³/mol. The number of hydrogen-bond donors (Lipinski definition) is 3. The highest BCUT2D eigenvalue weighted by Crippen LogP contribution is 1.87. The van der Waals surface area contributed by atoms with Crippen LogP contribution in [0.2, 0.25) is 0 Å². The van der Waals surface area contributed by atoms with Gasteiger partial charge >= 0.3 is 6.09 Å². The van der Waals surface area contributed by atoms with Crippen molar-refractivity contribution >= 4 is 6.09 Å². The third-order valence-electron chi connectivity index (χ3n) is 1.38. The summed E-state index contributed by atoms with van der Waals surface area (Å²) in [6.07, 6.45) is 2.02. The number of aliphatic hydroxyl groups excluding tert-OH is 1. The first-order chi connectivity index (χ1) is 6.31. The lowest BCUT2D eigenvalue weighted by atomic mass is 10.4. The summed E-state index contributed by atoms with van der Waals surface area (Å²) in [4.78, 5) is 10.8. The van der Waals surface area contributed by atoms with Gasteiger partial charge in [0.2, 0.25) is 0 Å². The fourth-order valence-corrected chi connectivity index (χ4v) is 0.647. The number of hydrogen-bond acceptors (Lipinski definition) is 4. The molecule has 0 fully saturated rings. The summed E-state index contributed by atoms with van der Waals surface area (Å²) in [5.41, 5.74) is 4.98. The number of aliphatic hydroxyl groups is 1. The first-order valence-electron chi connectivity index (χ1n) is 4.57. The Balaban J connectivity index is 3.11. The van der Waals surface area contributed by atoms with Gasteiger partial charge in [0.1, 0.15) is 0 Å². The molecule has 0 spiro atoms. The summed E-state index contributed by atoms with van der Waals surface area (Å²) in [5, 5.41) is 8.42. The normalized spacial score (nSPS) is 9.69. The largest absolute Gasteiger partial charge is 0.449 e. The van der Waals surface area contributed by atoms with Crippen LogP contribution in [0.15, 0.2) is 0 Å². The van der Waals surface area contributed by atoms with E-state index in [1.54, 1.807) is 0 Å². The molecule has 13 heavy (non-hydrogen) atoms. The minimum absolute atomic E-state index is 0.111. The number of carbonyl (C=O) groups excluding carboxylic acids is 1. The Morgan fingerprint density at radius 1 is 1.46 bits per heavy atom. The third kappa shape index (κ3) is 9.10. The maximum atomic E-state index is 10.8. The van der Waals surface area contributed by atoms with Crippen LogP contribution >= 0.6 is 0 Å². The number of hydrazine groups is 1. The first kappa shape index (κ1) is 12.2. The number of ether oxygens (including phenoxy) is 1. The molecule has 0 aliphatic heterocycles. The second-order valence-corrected chi connectivity index (χ2v) is 2.62. The van der Waals surface area contributed by atoms with Crippen molar-refractivity contribution in [1.29, 1.82) is 0 Å². The maximum Gasteiger partial charge on any atom is 0.421 e. The number of unbranched alkanes of at least 4 members (excludes halogenated alkanes) is 1. The summed E-state index contributed by atoms with van der Waals surface area (Å²) in [6.45, 7) is 3.13. The van der Waals surface area contributed by atoms with Crippen molar-refractivity contribution < 1.29 is 14.6 Å². The monoisotopic (exact) mass is 190 g/mol. The minimum Gasteiger partial charge on any atom is -0.449 e. The van der Waals surface area contributed by atoms with Crippen LogP contribution in [0.3, 0.4) is 0 Å². The summed E-state index contributed by atoms with van der Waals surface area (Å²) in [7, 11) is 0. The van der Waals surface area contributed by atoms with E-state index in [4.69, 9.17) is 9.84 Å². The smallest absolute Gasteiger partial charge is 0.421 e. The summed E-state index contributed by atoms with van der Waals surface area (Å²) >= 11 is 0. The van der Waals surface area contributed by atoms with Crippen molar-refractivity contribution in [3.63, 3.8) is 0 Å². The molecule has 5 nitrogen and oxygen atoms in total. The van der Waals surface area contributed by atoms with Gasteiger partial charge in [-0.15, -0.1) is 0 Å². The highest BCUT2D eigenvalue weighted by atomic mass is 16.6. The molecule has 0 radical (unpaired) electrons. The van der Waals surface area contributed by atoms with Crippen LogP contribution in [-0.2, 0) is 4.74 Å². The zero-order valence-corrected chi connectivity index (χ0v) is 8.01. The molecule has 5 heteroatoms. The van der Waals surface area contributed by atoms with Crippen molar-refractivity contribution in [2.75, 3.05) is 19.8 Å². The molecule has 0 atom stereocenters. The Morgan fingerprint density at radius 2 is 2.23 bits per heavy atom. The average molecular weight is 190 g/mol. The lowest BCUT2D eigenvalue weighted by molar-refractivity contribution is 0.139. The molecule has 0 saturated heterocycles. The van der Waals surface area contributed by atoms with E-state index in [1.165, 1.54) is 0 Å². The quantitative estimate of drug-likeness (QED) is 0.401. The second-order valence-electron chi connectivity index (χ2n) is 2.62. The standard InChI is InChI=1S/C8H18N2O3/c1-2-3-7-13-8(12)10-9-5-4-6-11/h9,11H,2-7H2,1H3,(H,10,12). The van der Waals surface area contributed by atoms with Gasteiger partial charge in [-0.05, 0) is 12.8 Å². The molecule has 0 bridgehead atoms. The number of amides is 1. The second kappa shape index (κ2) is 9.28. The van der Waals surface area contributed by atoms with Gasteiger partial charge in [0.05, 0.1) is 6.61 Å². The van der Waals surface area contributed by atoms with Crippen molar-refractivity contribution in [2.45, 2.75) is 26.2 Å². The fraction of sp³-hybridized carbons (Fsp3) is 0.875.